The normalized spacial score (nSPS) is 12.8. The lowest BCUT2D eigenvalue weighted by molar-refractivity contribution is -0.138. The predicted molar refractivity (Wildman–Crippen MR) is 139 cm³/mol. The molecule has 5 aromatic rings. The number of aromatic amines is 1. The molecule has 0 saturated heterocycles. The van der Waals surface area contributed by atoms with E-state index in [1.807, 2.05) is 24.3 Å². The van der Waals surface area contributed by atoms with Gasteiger partial charge in [-0.1, -0.05) is 12.1 Å². The van der Waals surface area contributed by atoms with E-state index in [0.717, 1.165) is 16.4 Å². The lowest BCUT2D eigenvalue weighted by atomic mass is 10.1. The van der Waals surface area contributed by atoms with Crippen LogP contribution in [-0.2, 0) is 12.7 Å². The van der Waals surface area contributed by atoms with Gasteiger partial charge in [0, 0.05) is 24.3 Å². The van der Waals surface area contributed by atoms with Crippen LogP contribution in [0.5, 0.6) is 0 Å². The highest BCUT2D eigenvalue weighted by Crippen LogP contribution is 2.34. The number of anilines is 1. The summed E-state index contributed by atoms with van der Waals surface area (Å²) in [6.07, 6.45) is -1.45. The molecule has 196 valence electrons. The van der Waals surface area contributed by atoms with E-state index in [4.69, 9.17) is 0 Å². The average molecular weight is 544 g/mol. The van der Waals surface area contributed by atoms with Crippen molar-refractivity contribution in [2.75, 3.05) is 5.32 Å². The SMILES string of the molecule is C[C@@H](CCCn1ccc2cc(-c3nc4ccccc4s3)c(F)cc2c1=O)Nc1cn[nH]c(=O)c1C(F)(F)F. The van der Waals surface area contributed by atoms with Crippen LogP contribution in [0.4, 0.5) is 23.2 Å². The Labute approximate surface area is 216 Å². The standard InChI is InChI=1S/C26H21F4N5O2S/c1-14(32-20-13-31-34-23(36)22(20)26(28,29)30)5-4-9-35-10-8-15-11-17(18(27)12-16(15)25(35)37)24-33-19-6-2-3-7-21(19)38-24/h2-3,6-8,10-14H,4-5,9H2,1H3,(H2,32,34,36)/t14-/m0/s1. The number of nitrogens with one attached hydrogen (secondary N) is 2. The molecule has 0 aliphatic carbocycles. The summed E-state index contributed by atoms with van der Waals surface area (Å²) in [6, 6.07) is 11.6. The number of fused-ring (bicyclic) bond motifs is 2. The average Bonchev–Trinajstić information content (AvgIpc) is 3.29. The van der Waals surface area contributed by atoms with Gasteiger partial charge in [-0.3, -0.25) is 9.59 Å². The molecular weight excluding hydrogens is 522 g/mol. The van der Waals surface area contributed by atoms with Crippen LogP contribution in [-0.4, -0.2) is 25.8 Å². The third-order valence-corrected chi connectivity index (χ3v) is 7.24. The Bertz CT molecular complexity index is 1730. The van der Waals surface area contributed by atoms with E-state index in [2.05, 4.69) is 15.4 Å². The van der Waals surface area contributed by atoms with Gasteiger partial charge in [-0.2, -0.15) is 18.3 Å². The second-order valence-corrected chi connectivity index (χ2v) is 9.92. The predicted octanol–water partition coefficient (Wildman–Crippen LogP) is 5.80. The van der Waals surface area contributed by atoms with Crippen LogP contribution >= 0.6 is 11.3 Å². The minimum atomic E-state index is -4.83. The zero-order valence-electron chi connectivity index (χ0n) is 20.0. The molecule has 5 rings (SSSR count). The lowest BCUT2D eigenvalue weighted by Crippen LogP contribution is -2.27. The smallest absolute Gasteiger partial charge is 0.381 e. The number of rotatable bonds is 7. The lowest BCUT2D eigenvalue weighted by Gasteiger charge is -2.18. The molecule has 1 atom stereocenters. The van der Waals surface area contributed by atoms with Gasteiger partial charge in [0.25, 0.3) is 11.1 Å². The van der Waals surface area contributed by atoms with Crippen molar-refractivity contribution in [1.82, 2.24) is 19.7 Å². The first-order valence-corrected chi connectivity index (χ1v) is 12.5. The fourth-order valence-electron chi connectivity index (χ4n) is 4.33. The van der Waals surface area contributed by atoms with Crippen LogP contribution < -0.4 is 16.4 Å². The van der Waals surface area contributed by atoms with Crippen LogP contribution in [0.15, 0.2) is 64.4 Å². The molecule has 0 radical (unpaired) electrons. The number of benzene rings is 2. The molecule has 2 aromatic carbocycles. The monoisotopic (exact) mass is 543 g/mol. The highest BCUT2D eigenvalue weighted by Gasteiger charge is 2.37. The first-order chi connectivity index (χ1) is 18.1. The first kappa shape index (κ1) is 25.6. The second kappa shape index (κ2) is 10.0. The molecular formula is C26H21F4N5O2S. The molecule has 3 heterocycles. The molecule has 0 fully saturated rings. The molecule has 0 saturated carbocycles. The number of para-hydroxylation sites is 1. The van der Waals surface area contributed by atoms with Gasteiger partial charge in [-0.15, -0.1) is 11.3 Å². The number of pyridine rings is 1. The molecule has 12 heteroatoms. The number of halogens is 4. The number of hydrogen-bond donors (Lipinski definition) is 2. The second-order valence-electron chi connectivity index (χ2n) is 8.89. The summed E-state index contributed by atoms with van der Waals surface area (Å²) in [5.74, 6) is -0.545. The minimum absolute atomic E-state index is 0.227. The van der Waals surface area contributed by atoms with Gasteiger partial charge in [0.1, 0.15) is 16.4 Å². The third kappa shape index (κ3) is 5.03. The number of thiazole rings is 1. The molecule has 0 amide bonds. The molecule has 0 aliphatic rings. The summed E-state index contributed by atoms with van der Waals surface area (Å²) in [6.45, 7) is 1.95. The van der Waals surface area contributed by atoms with E-state index in [1.165, 1.54) is 22.0 Å². The summed E-state index contributed by atoms with van der Waals surface area (Å²) < 4.78 is 57.2. The Kier molecular flexibility index (Phi) is 6.74. The van der Waals surface area contributed by atoms with Gasteiger partial charge >= 0.3 is 6.18 Å². The van der Waals surface area contributed by atoms with Crippen molar-refractivity contribution in [3.63, 3.8) is 0 Å². The van der Waals surface area contributed by atoms with E-state index >= 15 is 4.39 Å². The van der Waals surface area contributed by atoms with Crippen LogP contribution in [0.3, 0.4) is 0 Å². The number of H-pyrrole nitrogens is 1. The Hall–Kier alpha value is -4.06. The van der Waals surface area contributed by atoms with Crippen molar-refractivity contribution in [3.05, 3.63) is 86.9 Å². The minimum Gasteiger partial charge on any atom is -0.381 e. The van der Waals surface area contributed by atoms with Crippen LogP contribution in [0.1, 0.15) is 25.3 Å². The van der Waals surface area contributed by atoms with E-state index < -0.39 is 34.8 Å². The van der Waals surface area contributed by atoms with Crippen molar-refractivity contribution in [2.24, 2.45) is 0 Å². The number of aryl methyl sites for hydroxylation is 1. The van der Waals surface area contributed by atoms with Crippen molar-refractivity contribution in [1.29, 1.82) is 0 Å². The Morgan fingerprint density at radius 2 is 1.95 bits per heavy atom. The summed E-state index contributed by atoms with van der Waals surface area (Å²) in [5.41, 5.74) is -2.33. The number of aromatic nitrogens is 4. The topological polar surface area (TPSA) is 92.7 Å². The number of hydrogen-bond acceptors (Lipinski definition) is 6. The van der Waals surface area contributed by atoms with E-state index in [0.29, 0.717) is 28.8 Å². The van der Waals surface area contributed by atoms with E-state index in [9.17, 15) is 22.8 Å². The summed E-state index contributed by atoms with van der Waals surface area (Å²) in [4.78, 5) is 29.2. The van der Waals surface area contributed by atoms with E-state index in [-0.39, 0.29) is 17.5 Å². The zero-order chi connectivity index (χ0) is 27.0. The van der Waals surface area contributed by atoms with E-state index in [1.54, 1.807) is 30.4 Å². The fourth-order valence-corrected chi connectivity index (χ4v) is 5.31. The first-order valence-electron chi connectivity index (χ1n) is 11.7. The third-order valence-electron chi connectivity index (χ3n) is 6.17. The highest BCUT2D eigenvalue weighted by atomic mass is 32.1. The number of alkyl halides is 3. The van der Waals surface area contributed by atoms with Gasteiger partial charge < -0.3 is 9.88 Å². The molecule has 0 aliphatic heterocycles. The summed E-state index contributed by atoms with van der Waals surface area (Å²) in [5, 5.41) is 9.26. The molecule has 7 nitrogen and oxygen atoms in total. The molecule has 38 heavy (non-hydrogen) atoms. The molecule has 3 aromatic heterocycles. The Balaban J connectivity index is 1.31. The fraction of sp³-hybridized carbons (Fsp3) is 0.231. The van der Waals surface area contributed by atoms with Gasteiger partial charge in [0.2, 0.25) is 0 Å². The summed E-state index contributed by atoms with van der Waals surface area (Å²) in [7, 11) is 0. The quantitative estimate of drug-likeness (QED) is 0.253. The maximum Gasteiger partial charge on any atom is 0.423 e. The summed E-state index contributed by atoms with van der Waals surface area (Å²) >= 11 is 1.37. The number of nitrogens with zero attached hydrogens (tertiary/aromatic N) is 3. The van der Waals surface area contributed by atoms with Crippen LogP contribution in [0, 0.1) is 5.82 Å². The van der Waals surface area contributed by atoms with Crippen LogP contribution in [0.25, 0.3) is 31.6 Å². The molecule has 0 spiro atoms. The van der Waals surface area contributed by atoms with Gasteiger partial charge in [0.15, 0.2) is 0 Å². The van der Waals surface area contributed by atoms with Crippen molar-refractivity contribution in [2.45, 2.75) is 38.5 Å². The van der Waals surface area contributed by atoms with Crippen molar-refractivity contribution >= 4 is 38.0 Å². The van der Waals surface area contributed by atoms with Gasteiger partial charge in [0.05, 0.1) is 27.5 Å². The Morgan fingerprint density at radius 3 is 2.71 bits per heavy atom. The van der Waals surface area contributed by atoms with Gasteiger partial charge in [-0.05, 0) is 55.5 Å². The molecule has 0 bridgehead atoms. The zero-order valence-corrected chi connectivity index (χ0v) is 20.8. The Morgan fingerprint density at radius 1 is 1.16 bits per heavy atom. The van der Waals surface area contributed by atoms with Gasteiger partial charge in [-0.25, -0.2) is 14.5 Å². The highest BCUT2D eigenvalue weighted by molar-refractivity contribution is 7.21. The largest absolute Gasteiger partial charge is 0.423 e. The molecule has 2 N–H and O–H groups in total. The maximum absolute atomic E-state index is 15.1. The van der Waals surface area contributed by atoms with Crippen molar-refractivity contribution in [3.8, 4) is 10.6 Å². The van der Waals surface area contributed by atoms with Crippen molar-refractivity contribution < 1.29 is 17.6 Å². The van der Waals surface area contributed by atoms with Crippen LogP contribution in [0.2, 0.25) is 0 Å². The maximum atomic E-state index is 15.1. The molecule has 0 unspecified atom stereocenters.